The maximum atomic E-state index is 4.35. The van der Waals surface area contributed by atoms with Gasteiger partial charge in [-0.3, -0.25) is 15.0 Å². The van der Waals surface area contributed by atoms with Gasteiger partial charge in [0.05, 0.1) is 22.4 Å². The van der Waals surface area contributed by atoms with Crippen LogP contribution in [0.15, 0.2) is 96.0 Å². The molecule has 130 valence electrons. The van der Waals surface area contributed by atoms with Crippen LogP contribution in [0.1, 0.15) is 0 Å². The summed E-state index contributed by atoms with van der Waals surface area (Å²) in [7, 11) is 0. The molecule has 5 aromatic rings. The lowest BCUT2D eigenvalue weighted by Gasteiger charge is -2.00. The Balaban J connectivity index is 0.000000134. The minimum atomic E-state index is 0.829. The number of halogens is 1. The second kappa shape index (κ2) is 8.01. The van der Waals surface area contributed by atoms with Gasteiger partial charge in [-0.05, 0) is 52.3 Å². The molecule has 0 spiro atoms. The third-order valence-electron chi connectivity index (χ3n) is 3.99. The second-order valence-electron chi connectivity index (χ2n) is 5.78. The minimum absolute atomic E-state index is 0.829. The molecule has 0 saturated heterocycles. The van der Waals surface area contributed by atoms with Crippen LogP contribution in [0.2, 0.25) is 0 Å². The molecule has 0 aliphatic heterocycles. The fourth-order valence-corrected chi connectivity index (χ4v) is 3.09. The van der Waals surface area contributed by atoms with E-state index in [1.807, 2.05) is 48.5 Å². The molecule has 0 amide bonds. The van der Waals surface area contributed by atoms with E-state index in [1.54, 1.807) is 18.6 Å². The van der Waals surface area contributed by atoms with Crippen LogP contribution in [0.5, 0.6) is 0 Å². The van der Waals surface area contributed by atoms with Crippen molar-refractivity contribution < 1.29 is 0 Å². The zero-order chi connectivity index (χ0) is 18.5. The number of rotatable bonds is 1. The highest BCUT2D eigenvalue weighted by molar-refractivity contribution is 9.10. The molecule has 0 saturated carbocycles. The zero-order valence-corrected chi connectivity index (χ0v) is 15.9. The lowest BCUT2D eigenvalue weighted by molar-refractivity contribution is 1.22. The molecule has 0 aliphatic carbocycles. The minimum Gasteiger partial charge on any atom is -0.255 e. The molecule has 4 aromatic heterocycles. The van der Waals surface area contributed by atoms with Gasteiger partial charge in [0.1, 0.15) is 4.60 Å². The fraction of sp³-hybridized carbons (Fsp3) is 0. The van der Waals surface area contributed by atoms with Gasteiger partial charge < -0.3 is 0 Å². The quantitative estimate of drug-likeness (QED) is 0.261. The Bertz CT molecular complexity index is 1140. The van der Waals surface area contributed by atoms with E-state index in [9.17, 15) is 0 Å². The second-order valence-corrected chi connectivity index (χ2v) is 6.59. The Morgan fingerprint density at radius 3 is 1.74 bits per heavy atom. The third kappa shape index (κ3) is 3.99. The van der Waals surface area contributed by atoms with Crippen molar-refractivity contribution in [1.29, 1.82) is 0 Å². The number of fused-ring (bicyclic) bond motifs is 3. The number of pyridine rings is 4. The Kier molecular flexibility index (Phi) is 5.12. The van der Waals surface area contributed by atoms with E-state index in [0.717, 1.165) is 37.8 Å². The van der Waals surface area contributed by atoms with Gasteiger partial charge in [-0.2, -0.15) is 0 Å². The first-order valence-electron chi connectivity index (χ1n) is 8.44. The lowest BCUT2D eigenvalue weighted by Crippen LogP contribution is -1.85. The van der Waals surface area contributed by atoms with Crippen LogP contribution in [-0.4, -0.2) is 19.9 Å². The van der Waals surface area contributed by atoms with Crippen molar-refractivity contribution in [2.24, 2.45) is 0 Å². The van der Waals surface area contributed by atoms with E-state index in [1.165, 1.54) is 0 Å². The van der Waals surface area contributed by atoms with Crippen molar-refractivity contribution in [1.82, 2.24) is 19.9 Å². The van der Waals surface area contributed by atoms with Crippen LogP contribution in [0.3, 0.4) is 0 Å². The summed E-state index contributed by atoms with van der Waals surface area (Å²) in [6.45, 7) is 0. The number of hydrogen-bond donors (Lipinski definition) is 0. The van der Waals surface area contributed by atoms with E-state index in [0.29, 0.717) is 0 Å². The van der Waals surface area contributed by atoms with Crippen molar-refractivity contribution in [3.63, 3.8) is 0 Å². The van der Waals surface area contributed by atoms with Crippen molar-refractivity contribution in [2.75, 3.05) is 0 Å². The summed E-state index contributed by atoms with van der Waals surface area (Å²) < 4.78 is 0.829. The van der Waals surface area contributed by atoms with Crippen molar-refractivity contribution >= 4 is 37.7 Å². The Labute approximate surface area is 165 Å². The van der Waals surface area contributed by atoms with Crippen LogP contribution < -0.4 is 0 Å². The molecule has 0 bridgehead atoms. The Hall–Kier alpha value is -3.18. The maximum absolute atomic E-state index is 4.35. The molecular weight excluding hydrogens is 400 g/mol. The molecule has 0 radical (unpaired) electrons. The molecule has 5 heteroatoms. The molecular formula is C22H15BrN4. The van der Waals surface area contributed by atoms with Crippen LogP contribution in [0.4, 0.5) is 0 Å². The third-order valence-corrected chi connectivity index (χ3v) is 4.43. The average molecular weight is 415 g/mol. The van der Waals surface area contributed by atoms with Crippen LogP contribution in [-0.2, 0) is 0 Å². The van der Waals surface area contributed by atoms with E-state index in [2.05, 4.69) is 60.1 Å². The summed E-state index contributed by atoms with van der Waals surface area (Å²) in [4.78, 5) is 17.2. The number of benzene rings is 1. The molecule has 0 aliphatic rings. The van der Waals surface area contributed by atoms with Gasteiger partial charge in [0.2, 0.25) is 0 Å². The lowest BCUT2D eigenvalue weighted by atomic mass is 10.1. The van der Waals surface area contributed by atoms with Gasteiger partial charge >= 0.3 is 0 Å². The average Bonchev–Trinajstić information content (AvgIpc) is 2.75. The summed E-state index contributed by atoms with van der Waals surface area (Å²) in [5.41, 5.74) is 3.73. The van der Waals surface area contributed by atoms with Gasteiger partial charge in [-0.15, -0.1) is 0 Å². The molecule has 5 rings (SSSR count). The van der Waals surface area contributed by atoms with Gasteiger partial charge in [0.15, 0.2) is 0 Å². The molecule has 1 aromatic carbocycles. The first kappa shape index (κ1) is 17.2. The smallest absolute Gasteiger partial charge is 0.106 e. The molecule has 0 atom stereocenters. The Morgan fingerprint density at radius 1 is 0.519 bits per heavy atom. The zero-order valence-electron chi connectivity index (χ0n) is 14.3. The maximum Gasteiger partial charge on any atom is 0.106 e. The molecule has 27 heavy (non-hydrogen) atoms. The predicted molar refractivity (Wildman–Crippen MR) is 112 cm³/mol. The van der Waals surface area contributed by atoms with E-state index in [4.69, 9.17) is 0 Å². The molecule has 4 heterocycles. The normalized spacial score (nSPS) is 10.4. The van der Waals surface area contributed by atoms with Gasteiger partial charge in [0, 0.05) is 29.4 Å². The number of hydrogen-bond acceptors (Lipinski definition) is 4. The summed E-state index contributed by atoms with van der Waals surface area (Å²) in [6, 6.07) is 23.7. The van der Waals surface area contributed by atoms with E-state index >= 15 is 0 Å². The SMILES string of the molecule is Brc1cccc(-c2ccccn2)n1.c1cnc2c(c1)ccc1cccnc12. The van der Waals surface area contributed by atoms with Crippen molar-refractivity contribution in [2.45, 2.75) is 0 Å². The largest absolute Gasteiger partial charge is 0.255 e. The summed E-state index contributed by atoms with van der Waals surface area (Å²) >= 11 is 3.32. The van der Waals surface area contributed by atoms with Crippen molar-refractivity contribution in [3.05, 3.63) is 96.0 Å². The fourth-order valence-electron chi connectivity index (χ4n) is 2.74. The van der Waals surface area contributed by atoms with Gasteiger partial charge in [-0.25, -0.2) is 4.98 Å². The standard InChI is InChI=1S/C12H8N2.C10H7BrN2/c1-3-9-5-6-10-4-2-8-14-12(10)11(9)13-7-1;11-10-6-3-5-9(13-10)8-4-1-2-7-12-8/h1-8H;1-7H. The van der Waals surface area contributed by atoms with E-state index in [-0.39, 0.29) is 0 Å². The van der Waals surface area contributed by atoms with Crippen molar-refractivity contribution in [3.8, 4) is 11.4 Å². The molecule has 0 fully saturated rings. The summed E-state index contributed by atoms with van der Waals surface area (Å²) in [5.74, 6) is 0. The molecule has 0 unspecified atom stereocenters. The topological polar surface area (TPSA) is 51.6 Å². The highest BCUT2D eigenvalue weighted by atomic mass is 79.9. The Morgan fingerprint density at radius 2 is 1.15 bits per heavy atom. The summed E-state index contributed by atoms with van der Waals surface area (Å²) in [6.07, 6.45) is 5.37. The van der Waals surface area contributed by atoms with Crippen LogP contribution >= 0.6 is 15.9 Å². The number of aromatic nitrogens is 4. The monoisotopic (exact) mass is 414 g/mol. The molecule has 0 N–H and O–H groups in total. The highest BCUT2D eigenvalue weighted by Gasteiger charge is 2.00. The first-order chi connectivity index (χ1) is 13.3. The van der Waals surface area contributed by atoms with Crippen LogP contribution in [0.25, 0.3) is 33.2 Å². The highest BCUT2D eigenvalue weighted by Crippen LogP contribution is 2.20. The predicted octanol–water partition coefficient (Wildman–Crippen LogP) is 5.69. The summed E-state index contributed by atoms with van der Waals surface area (Å²) in [5, 5.41) is 2.28. The van der Waals surface area contributed by atoms with Gasteiger partial charge in [-0.1, -0.05) is 36.4 Å². The van der Waals surface area contributed by atoms with Crippen LogP contribution in [0, 0.1) is 0 Å². The van der Waals surface area contributed by atoms with E-state index < -0.39 is 0 Å². The van der Waals surface area contributed by atoms with Gasteiger partial charge in [0.25, 0.3) is 0 Å². The first-order valence-corrected chi connectivity index (χ1v) is 9.23. The number of nitrogens with zero attached hydrogens (tertiary/aromatic N) is 4. The molecule has 4 nitrogen and oxygen atoms in total.